The van der Waals surface area contributed by atoms with E-state index in [9.17, 15) is 10.2 Å². The lowest BCUT2D eigenvalue weighted by Gasteiger charge is -2.39. The van der Waals surface area contributed by atoms with Gasteiger partial charge in [0.15, 0.2) is 0 Å². The van der Waals surface area contributed by atoms with Crippen LogP contribution in [0.1, 0.15) is 26.2 Å². The van der Waals surface area contributed by atoms with Crippen LogP contribution in [0.5, 0.6) is 0 Å². The summed E-state index contributed by atoms with van der Waals surface area (Å²) in [5.74, 6) is 0.421. The zero-order chi connectivity index (χ0) is 18.2. The summed E-state index contributed by atoms with van der Waals surface area (Å²) in [7, 11) is 1.70. The molecule has 2 saturated heterocycles. The molecular formula is C18H36N2O4S. The maximum atomic E-state index is 10.1. The molecule has 2 aliphatic heterocycles. The minimum absolute atomic E-state index is 0.206. The van der Waals surface area contributed by atoms with Gasteiger partial charge in [0, 0.05) is 57.8 Å². The first-order valence-electron chi connectivity index (χ1n) is 9.51. The first-order valence-corrected chi connectivity index (χ1v) is 10.7. The van der Waals surface area contributed by atoms with Crippen molar-refractivity contribution < 1.29 is 19.7 Å². The second-order valence-electron chi connectivity index (χ2n) is 7.47. The Kier molecular flexibility index (Phi) is 9.48. The van der Waals surface area contributed by atoms with Gasteiger partial charge >= 0.3 is 0 Å². The van der Waals surface area contributed by atoms with Crippen LogP contribution < -0.4 is 0 Å². The van der Waals surface area contributed by atoms with E-state index in [1.54, 1.807) is 19.1 Å². The summed E-state index contributed by atoms with van der Waals surface area (Å²) >= 11 is 1.75. The fourth-order valence-corrected chi connectivity index (χ4v) is 4.44. The molecule has 0 bridgehead atoms. The van der Waals surface area contributed by atoms with E-state index in [4.69, 9.17) is 9.47 Å². The number of rotatable bonds is 9. The van der Waals surface area contributed by atoms with Crippen LogP contribution in [0.2, 0.25) is 0 Å². The average molecular weight is 377 g/mol. The van der Waals surface area contributed by atoms with Crippen LogP contribution in [0.4, 0.5) is 0 Å². The molecular weight excluding hydrogens is 340 g/mol. The van der Waals surface area contributed by atoms with E-state index in [2.05, 4.69) is 22.4 Å². The highest BCUT2D eigenvalue weighted by Gasteiger charge is 2.30. The molecule has 1 unspecified atom stereocenters. The van der Waals surface area contributed by atoms with Gasteiger partial charge in [0.2, 0.25) is 0 Å². The quantitative estimate of drug-likeness (QED) is 0.461. The van der Waals surface area contributed by atoms with Crippen molar-refractivity contribution in [1.82, 2.24) is 9.21 Å². The predicted molar refractivity (Wildman–Crippen MR) is 102 cm³/mol. The van der Waals surface area contributed by atoms with Gasteiger partial charge < -0.3 is 24.6 Å². The highest BCUT2D eigenvalue weighted by Crippen LogP contribution is 2.23. The summed E-state index contributed by atoms with van der Waals surface area (Å²) in [6.45, 7) is 7.89. The first kappa shape index (κ1) is 21.4. The van der Waals surface area contributed by atoms with Crippen molar-refractivity contribution in [2.75, 3.05) is 59.4 Å². The van der Waals surface area contributed by atoms with Crippen molar-refractivity contribution in [2.45, 2.75) is 44.4 Å². The average Bonchev–Trinajstić information content (AvgIpc) is 2.62. The van der Waals surface area contributed by atoms with Gasteiger partial charge in [-0.2, -0.15) is 0 Å². The molecule has 0 aromatic carbocycles. The third-order valence-electron chi connectivity index (χ3n) is 5.66. The third-order valence-corrected chi connectivity index (χ3v) is 6.50. The zero-order valence-corrected chi connectivity index (χ0v) is 16.8. The van der Waals surface area contributed by atoms with Crippen molar-refractivity contribution in [3.05, 3.63) is 0 Å². The molecule has 2 N–H and O–H groups in total. The fourth-order valence-electron chi connectivity index (χ4n) is 3.81. The Morgan fingerprint density at radius 3 is 2.44 bits per heavy atom. The summed E-state index contributed by atoms with van der Waals surface area (Å²) in [4.78, 5) is 2.44. The second kappa shape index (κ2) is 11.1. The Morgan fingerprint density at radius 1 is 1.08 bits per heavy atom. The minimum Gasteiger partial charge on any atom is -0.393 e. The smallest absolute Gasteiger partial charge is 0.0615 e. The van der Waals surface area contributed by atoms with Crippen LogP contribution in [0.15, 0.2) is 0 Å². The summed E-state index contributed by atoms with van der Waals surface area (Å²) in [5.41, 5.74) is 0. The molecule has 0 amide bonds. The molecule has 0 aromatic rings. The molecule has 2 heterocycles. The van der Waals surface area contributed by atoms with Crippen molar-refractivity contribution in [3.8, 4) is 0 Å². The summed E-state index contributed by atoms with van der Waals surface area (Å²) < 4.78 is 13.4. The molecule has 0 saturated carbocycles. The fraction of sp³-hybridized carbons (Fsp3) is 1.00. The van der Waals surface area contributed by atoms with Crippen molar-refractivity contribution in [2.24, 2.45) is 11.8 Å². The van der Waals surface area contributed by atoms with Crippen LogP contribution in [0.3, 0.4) is 0 Å². The second-order valence-corrected chi connectivity index (χ2v) is 8.35. The van der Waals surface area contributed by atoms with Gasteiger partial charge in [-0.15, -0.1) is 0 Å². The number of piperidine rings is 2. The summed E-state index contributed by atoms with van der Waals surface area (Å²) in [6, 6.07) is 0.436. The number of aliphatic hydroxyl groups is 2. The molecule has 0 aliphatic carbocycles. The summed E-state index contributed by atoms with van der Waals surface area (Å²) in [5, 5.41) is 20.2. The molecule has 0 spiro atoms. The number of hydrogen-bond donors (Lipinski definition) is 2. The van der Waals surface area contributed by atoms with Gasteiger partial charge in [0.05, 0.1) is 25.4 Å². The standard InChI is InChI=1S/C18H36N2O4S/c1-14(19-7-4-17(21)15(10-19)12-23-2)6-9-24-13-16-11-20(25-3)8-5-18(16)22/h14-18,21-22H,4-13H2,1-3H3/t14?,15-,16+,17-,18-/m1/s1. The maximum Gasteiger partial charge on any atom is 0.0615 e. The SMILES string of the molecule is COC[C@H]1CN(C(C)CCOC[C@@H]2CN(SC)CC[C@H]2O)CC[C@H]1O. The molecule has 148 valence electrons. The van der Waals surface area contributed by atoms with Gasteiger partial charge in [-0.1, -0.05) is 11.9 Å². The lowest BCUT2D eigenvalue weighted by molar-refractivity contribution is -0.0298. The molecule has 0 aromatic heterocycles. The van der Waals surface area contributed by atoms with E-state index >= 15 is 0 Å². The number of likely N-dealkylation sites (tertiary alicyclic amines) is 1. The van der Waals surface area contributed by atoms with Crippen LogP contribution >= 0.6 is 11.9 Å². The Morgan fingerprint density at radius 2 is 1.76 bits per heavy atom. The van der Waals surface area contributed by atoms with Gasteiger partial charge in [-0.05, 0) is 32.4 Å². The lowest BCUT2D eigenvalue weighted by atomic mass is 9.94. The molecule has 25 heavy (non-hydrogen) atoms. The number of nitrogens with zero attached hydrogens (tertiary/aromatic N) is 2. The van der Waals surface area contributed by atoms with E-state index in [0.29, 0.717) is 19.3 Å². The van der Waals surface area contributed by atoms with Crippen LogP contribution in [-0.4, -0.2) is 97.0 Å². The molecule has 5 atom stereocenters. The van der Waals surface area contributed by atoms with E-state index in [0.717, 1.165) is 52.0 Å². The predicted octanol–water partition coefficient (Wildman–Crippen LogP) is 1.07. The monoisotopic (exact) mass is 376 g/mol. The first-order chi connectivity index (χ1) is 12.0. The van der Waals surface area contributed by atoms with E-state index in [1.165, 1.54) is 0 Å². The number of methoxy groups -OCH3 is 1. The number of ether oxygens (including phenoxy) is 2. The van der Waals surface area contributed by atoms with Crippen molar-refractivity contribution in [3.63, 3.8) is 0 Å². The number of aliphatic hydroxyl groups excluding tert-OH is 2. The Balaban J connectivity index is 1.65. The van der Waals surface area contributed by atoms with Gasteiger partial charge in [0.25, 0.3) is 0 Å². The van der Waals surface area contributed by atoms with Crippen molar-refractivity contribution in [1.29, 1.82) is 0 Å². The molecule has 2 fully saturated rings. The zero-order valence-electron chi connectivity index (χ0n) is 16.0. The molecule has 2 rings (SSSR count). The highest BCUT2D eigenvalue weighted by molar-refractivity contribution is 7.96. The van der Waals surface area contributed by atoms with Gasteiger partial charge in [-0.25, -0.2) is 0 Å². The third kappa shape index (κ3) is 6.65. The Labute approximate surface area is 157 Å². The lowest BCUT2D eigenvalue weighted by Crippen LogP contribution is -2.48. The molecule has 2 aliphatic rings. The highest BCUT2D eigenvalue weighted by atomic mass is 32.2. The van der Waals surface area contributed by atoms with E-state index in [1.807, 2.05) is 0 Å². The molecule has 6 nitrogen and oxygen atoms in total. The van der Waals surface area contributed by atoms with E-state index < -0.39 is 0 Å². The largest absolute Gasteiger partial charge is 0.393 e. The normalized spacial score (nSPS) is 33.5. The minimum atomic E-state index is -0.244. The van der Waals surface area contributed by atoms with Crippen molar-refractivity contribution >= 4 is 11.9 Å². The topological polar surface area (TPSA) is 65.4 Å². The Bertz CT molecular complexity index is 377. The molecule has 7 heteroatoms. The number of hydrogen-bond acceptors (Lipinski definition) is 7. The van der Waals surface area contributed by atoms with Gasteiger partial charge in [0.1, 0.15) is 0 Å². The van der Waals surface area contributed by atoms with Crippen LogP contribution in [-0.2, 0) is 9.47 Å². The maximum absolute atomic E-state index is 10.1. The van der Waals surface area contributed by atoms with Crippen LogP contribution in [0, 0.1) is 11.8 Å². The van der Waals surface area contributed by atoms with Crippen LogP contribution in [0.25, 0.3) is 0 Å². The van der Waals surface area contributed by atoms with E-state index in [-0.39, 0.29) is 24.0 Å². The molecule has 0 radical (unpaired) electrons. The van der Waals surface area contributed by atoms with Gasteiger partial charge in [-0.3, -0.25) is 4.31 Å². The summed E-state index contributed by atoms with van der Waals surface area (Å²) in [6.07, 6.45) is 4.24. The Hall–Kier alpha value is 0.110.